The molecule has 1 saturated heterocycles. The molecule has 66 valence electrons. The molecule has 2 heterocycles. The Labute approximate surface area is 72.8 Å². The summed E-state index contributed by atoms with van der Waals surface area (Å²) in [6.07, 6.45) is 7.90. The van der Waals surface area contributed by atoms with E-state index in [2.05, 4.69) is 22.1 Å². The summed E-state index contributed by atoms with van der Waals surface area (Å²) in [5.74, 6) is 0. The van der Waals surface area contributed by atoms with Crippen LogP contribution in [0, 0.1) is 0 Å². The summed E-state index contributed by atoms with van der Waals surface area (Å²) in [6.45, 7) is 1.22. The first kappa shape index (κ1) is 7.80. The average molecular weight is 165 g/mol. The molecule has 12 heavy (non-hydrogen) atoms. The summed E-state index contributed by atoms with van der Waals surface area (Å²) < 4.78 is 0. The van der Waals surface area contributed by atoms with E-state index in [0.29, 0.717) is 6.04 Å². The van der Waals surface area contributed by atoms with Crippen LogP contribution >= 0.6 is 0 Å². The number of likely N-dealkylation sites (tertiary alicyclic amines) is 1. The second-order valence-corrected chi connectivity index (χ2v) is 3.52. The van der Waals surface area contributed by atoms with Gasteiger partial charge in [0.05, 0.1) is 6.20 Å². The van der Waals surface area contributed by atoms with Gasteiger partial charge in [-0.2, -0.15) is 5.10 Å². The lowest BCUT2D eigenvalue weighted by Crippen LogP contribution is -2.29. The van der Waals surface area contributed by atoms with Crippen molar-refractivity contribution < 1.29 is 0 Å². The largest absolute Gasteiger partial charge is 0.299 e. The zero-order valence-electron chi connectivity index (χ0n) is 7.45. The van der Waals surface area contributed by atoms with E-state index in [1.807, 2.05) is 12.4 Å². The van der Waals surface area contributed by atoms with Gasteiger partial charge >= 0.3 is 0 Å². The molecular weight excluding hydrogens is 150 g/mol. The van der Waals surface area contributed by atoms with Crippen molar-refractivity contribution in [2.75, 3.05) is 13.6 Å². The van der Waals surface area contributed by atoms with E-state index < -0.39 is 0 Å². The second kappa shape index (κ2) is 3.27. The maximum atomic E-state index is 3.98. The van der Waals surface area contributed by atoms with Gasteiger partial charge < -0.3 is 0 Å². The molecule has 0 saturated carbocycles. The first-order valence-corrected chi connectivity index (χ1v) is 4.57. The number of H-pyrrole nitrogens is 1. The summed E-state index contributed by atoms with van der Waals surface area (Å²) in [5.41, 5.74) is 1.33. The van der Waals surface area contributed by atoms with Crippen molar-refractivity contribution in [2.45, 2.75) is 25.3 Å². The standard InChI is InChI=1S/C9H15N3/c1-12-5-3-2-4-9(12)8-6-10-11-7-8/h6-7,9H,2-5H2,1H3,(H,10,11). The summed E-state index contributed by atoms with van der Waals surface area (Å²) >= 11 is 0. The molecule has 1 atom stereocenters. The number of nitrogens with one attached hydrogen (secondary N) is 1. The molecule has 1 fully saturated rings. The Kier molecular flexibility index (Phi) is 2.13. The lowest BCUT2D eigenvalue weighted by atomic mass is 9.98. The zero-order valence-corrected chi connectivity index (χ0v) is 7.45. The smallest absolute Gasteiger partial charge is 0.0535 e. The van der Waals surface area contributed by atoms with Crippen LogP contribution in [-0.4, -0.2) is 28.7 Å². The van der Waals surface area contributed by atoms with Crippen LogP contribution in [0.5, 0.6) is 0 Å². The van der Waals surface area contributed by atoms with Gasteiger partial charge in [0.1, 0.15) is 0 Å². The quantitative estimate of drug-likeness (QED) is 0.685. The molecule has 1 aromatic rings. The highest BCUT2D eigenvalue weighted by atomic mass is 15.2. The maximum Gasteiger partial charge on any atom is 0.0535 e. The Hall–Kier alpha value is -0.830. The summed E-state index contributed by atoms with van der Waals surface area (Å²) in [7, 11) is 2.19. The van der Waals surface area contributed by atoms with E-state index in [0.717, 1.165) is 0 Å². The molecule has 0 amide bonds. The molecule has 3 nitrogen and oxygen atoms in total. The third-order valence-electron chi connectivity index (χ3n) is 2.67. The molecule has 1 aliphatic rings. The Morgan fingerprint density at radius 3 is 3.17 bits per heavy atom. The number of piperidine rings is 1. The van der Waals surface area contributed by atoms with E-state index in [-0.39, 0.29) is 0 Å². The predicted molar refractivity (Wildman–Crippen MR) is 47.8 cm³/mol. The van der Waals surface area contributed by atoms with Crippen molar-refractivity contribution in [1.82, 2.24) is 15.1 Å². The van der Waals surface area contributed by atoms with E-state index in [9.17, 15) is 0 Å². The molecule has 0 spiro atoms. The third-order valence-corrected chi connectivity index (χ3v) is 2.67. The molecule has 0 bridgehead atoms. The highest BCUT2D eigenvalue weighted by molar-refractivity contribution is 5.10. The SMILES string of the molecule is CN1CCCCC1c1cn[nH]c1. The number of hydrogen-bond acceptors (Lipinski definition) is 2. The number of nitrogens with zero attached hydrogens (tertiary/aromatic N) is 2. The Morgan fingerprint density at radius 2 is 2.50 bits per heavy atom. The summed E-state index contributed by atoms with van der Waals surface area (Å²) in [5, 5.41) is 6.85. The Balaban J connectivity index is 2.11. The van der Waals surface area contributed by atoms with Crippen LogP contribution in [0.25, 0.3) is 0 Å². The van der Waals surface area contributed by atoms with Gasteiger partial charge in [0.15, 0.2) is 0 Å². The minimum absolute atomic E-state index is 0.595. The molecule has 0 aliphatic carbocycles. The first-order chi connectivity index (χ1) is 5.88. The van der Waals surface area contributed by atoms with Crippen molar-refractivity contribution in [3.8, 4) is 0 Å². The van der Waals surface area contributed by atoms with Gasteiger partial charge in [-0.15, -0.1) is 0 Å². The lowest BCUT2D eigenvalue weighted by molar-refractivity contribution is 0.187. The van der Waals surface area contributed by atoms with Crippen molar-refractivity contribution in [3.05, 3.63) is 18.0 Å². The van der Waals surface area contributed by atoms with Gasteiger partial charge in [0, 0.05) is 17.8 Å². The van der Waals surface area contributed by atoms with Crippen LogP contribution in [0.15, 0.2) is 12.4 Å². The molecule has 1 N–H and O–H groups in total. The van der Waals surface area contributed by atoms with Gasteiger partial charge in [0.25, 0.3) is 0 Å². The normalized spacial score (nSPS) is 25.9. The summed E-state index contributed by atoms with van der Waals surface area (Å²) in [4.78, 5) is 2.41. The van der Waals surface area contributed by atoms with Gasteiger partial charge in [0.2, 0.25) is 0 Å². The second-order valence-electron chi connectivity index (χ2n) is 3.52. The number of aromatic nitrogens is 2. The van der Waals surface area contributed by atoms with E-state index >= 15 is 0 Å². The molecule has 1 aromatic heterocycles. The zero-order chi connectivity index (χ0) is 8.39. The van der Waals surface area contributed by atoms with E-state index in [4.69, 9.17) is 0 Å². The van der Waals surface area contributed by atoms with Crippen LogP contribution in [-0.2, 0) is 0 Å². The topological polar surface area (TPSA) is 31.9 Å². The molecule has 3 heteroatoms. The summed E-state index contributed by atoms with van der Waals surface area (Å²) in [6, 6.07) is 0.595. The maximum absolute atomic E-state index is 3.98. The molecule has 1 unspecified atom stereocenters. The highest BCUT2D eigenvalue weighted by Gasteiger charge is 2.20. The minimum atomic E-state index is 0.595. The molecule has 0 radical (unpaired) electrons. The van der Waals surface area contributed by atoms with Gasteiger partial charge in [-0.3, -0.25) is 10.00 Å². The van der Waals surface area contributed by atoms with Crippen molar-refractivity contribution in [1.29, 1.82) is 0 Å². The third kappa shape index (κ3) is 1.37. The van der Waals surface area contributed by atoms with Crippen LogP contribution in [0.1, 0.15) is 30.9 Å². The van der Waals surface area contributed by atoms with Gasteiger partial charge in [-0.1, -0.05) is 6.42 Å². The molecule has 2 rings (SSSR count). The lowest BCUT2D eigenvalue weighted by Gasteiger charge is -2.31. The number of aromatic amines is 1. The van der Waals surface area contributed by atoms with E-state index in [1.165, 1.54) is 31.4 Å². The van der Waals surface area contributed by atoms with Gasteiger partial charge in [-0.25, -0.2) is 0 Å². The average Bonchev–Trinajstić information content (AvgIpc) is 2.57. The highest BCUT2D eigenvalue weighted by Crippen LogP contribution is 2.28. The van der Waals surface area contributed by atoms with E-state index in [1.54, 1.807) is 0 Å². The first-order valence-electron chi connectivity index (χ1n) is 4.57. The molecular formula is C9H15N3. The number of hydrogen-bond donors (Lipinski definition) is 1. The predicted octanol–water partition coefficient (Wildman–Crippen LogP) is 1.57. The van der Waals surface area contributed by atoms with Crippen LogP contribution in [0.3, 0.4) is 0 Å². The van der Waals surface area contributed by atoms with Crippen molar-refractivity contribution in [2.24, 2.45) is 0 Å². The fourth-order valence-electron chi connectivity index (χ4n) is 1.94. The van der Waals surface area contributed by atoms with Gasteiger partial charge in [-0.05, 0) is 26.4 Å². The monoisotopic (exact) mass is 165 g/mol. The Bertz CT molecular complexity index is 230. The minimum Gasteiger partial charge on any atom is -0.299 e. The number of rotatable bonds is 1. The fraction of sp³-hybridized carbons (Fsp3) is 0.667. The molecule has 0 aromatic carbocycles. The van der Waals surface area contributed by atoms with Crippen LogP contribution < -0.4 is 0 Å². The molecule has 1 aliphatic heterocycles. The fourth-order valence-corrected chi connectivity index (χ4v) is 1.94. The van der Waals surface area contributed by atoms with Crippen molar-refractivity contribution in [3.63, 3.8) is 0 Å². The van der Waals surface area contributed by atoms with Crippen molar-refractivity contribution >= 4 is 0 Å². The van der Waals surface area contributed by atoms with Crippen LogP contribution in [0.4, 0.5) is 0 Å². The Morgan fingerprint density at radius 1 is 1.58 bits per heavy atom. The van der Waals surface area contributed by atoms with Crippen LogP contribution in [0.2, 0.25) is 0 Å².